The zero-order valence-electron chi connectivity index (χ0n) is 15.5. The molecule has 0 saturated heterocycles. The molecule has 6 nitrogen and oxygen atoms in total. The standard InChI is InChI=1S/C19H23N5OS/c1-5-12(2)15-6-8-16(9-7-15)21-17(25)11-26-19-22-18-20-13(3)10-14(4)24(18)23-19/h6-10,12H,5,11H2,1-4H3,(H,21,25). The van der Waals surface area contributed by atoms with Gasteiger partial charge < -0.3 is 5.32 Å². The predicted octanol–water partition coefficient (Wildman–Crippen LogP) is 3.99. The van der Waals surface area contributed by atoms with E-state index in [1.807, 2.05) is 32.0 Å². The second-order valence-corrected chi connectivity index (χ2v) is 7.36. The van der Waals surface area contributed by atoms with Crippen molar-refractivity contribution >= 4 is 29.1 Å². The quantitative estimate of drug-likeness (QED) is 0.665. The fraction of sp³-hybridized carbons (Fsp3) is 0.368. The third-order valence-corrected chi connectivity index (χ3v) is 5.14. The number of hydrogen-bond donors (Lipinski definition) is 1. The van der Waals surface area contributed by atoms with Crippen LogP contribution in [0.1, 0.15) is 43.1 Å². The van der Waals surface area contributed by atoms with Gasteiger partial charge in [-0.25, -0.2) is 9.50 Å². The number of carbonyl (C=O) groups excluding carboxylic acids is 1. The number of hydrogen-bond acceptors (Lipinski definition) is 5. The Morgan fingerprint density at radius 2 is 1.96 bits per heavy atom. The molecule has 3 aromatic rings. The molecule has 0 aliphatic rings. The Morgan fingerprint density at radius 3 is 2.65 bits per heavy atom. The number of benzene rings is 1. The van der Waals surface area contributed by atoms with Crippen LogP contribution in [-0.2, 0) is 4.79 Å². The summed E-state index contributed by atoms with van der Waals surface area (Å²) < 4.78 is 1.70. The largest absolute Gasteiger partial charge is 0.325 e. The molecule has 0 radical (unpaired) electrons. The maximum Gasteiger partial charge on any atom is 0.253 e. The van der Waals surface area contributed by atoms with Gasteiger partial charge in [0.2, 0.25) is 11.1 Å². The number of aryl methyl sites for hydroxylation is 2. The molecule has 0 bridgehead atoms. The monoisotopic (exact) mass is 369 g/mol. The van der Waals surface area contributed by atoms with Gasteiger partial charge in [-0.15, -0.1) is 5.10 Å². The van der Waals surface area contributed by atoms with Gasteiger partial charge in [0, 0.05) is 17.1 Å². The zero-order chi connectivity index (χ0) is 18.7. The molecule has 26 heavy (non-hydrogen) atoms. The second kappa shape index (κ2) is 7.86. The van der Waals surface area contributed by atoms with Crippen LogP contribution in [0.2, 0.25) is 0 Å². The predicted molar refractivity (Wildman–Crippen MR) is 105 cm³/mol. The summed E-state index contributed by atoms with van der Waals surface area (Å²) >= 11 is 1.30. The van der Waals surface area contributed by atoms with Crippen LogP contribution in [0.3, 0.4) is 0 Å². The highest BCUT2D eigenvalue weighted by Crippen LogP contribution is 2.21. The molecule has 1 amide bonds. The molecule has 1 atom stereocenters. The van der Waals surface area contributed by atoms with Crippen LogP contribution in [0.5, 0.6) is 0 Å². The van der Waals surface area contributed by atoms with E-state index in [1.165, 1.54) is 17.3 Å². The summed E-state index contributed by atoms with van der Waals surface area (Å²) in [7, 11) is 0. The van der Waals surface area contributed by atoms with Crippen molar-refractivity contribution in [2.45, 2.75) is 45.2 Å². The molecule has 1 unspecified atom stereocenters. The SMILES string of the molecule is CCC(C)c1ccc(NC(=O)CSc2nc3nc(C)cc(C)n3n2)cc1. The average molecular weight is 369 g/mol. The van der Waals surface area contributed by atoms with Gasteiger partial charge >= 0.3 is 0 Å². The smallest absolute Gasteiger partial charge is 0.253 e. The Kier molecular flexibility index (Phi) is 5.56. The van der Waals surface area contributed by atoms with Crippen molar-refractivity contribution in [3.05, 3.63) is 47.3 Å². The van der Waals surface area contributed by atoms with Gasteiger partial charge in [-0.3, -0.25) is 4.79 Å². The summed E-state index contributed by atoms with van der Waals surface area (Å²) in [5.74, 6) is 1.26. The molecule has 2 heterocycles. The van der Waals surface area contributed by atoms with Gasteiger partial charge in [-0.2, -0.15) is 4.98 Å². The normalized spacial score (nSPS) is 12.3. The van der Waals surface area contributed by atoms with E-state index in [9.17, 15) is 4.79 Å². The van der Waals surface area contributed by atoms with E-state index in [0.29, 0.717) is 16.9 Å². The fourth-order valence-electron chi connectivity index (χ4n) is 2.67. The molecular weight excluding hydrogens is 346 g/mol. The summed E-state index contributed by atoms with van der Waals surface area (Å²) in [6.45, 7) is 8.25. The first-order valence-corrected chi connectivity index (χ1v) is 9.68. The molecule has 1 N–H and O–H groups in total. The van der Waals surface area contributed by atoms with Crippen molar-refractivity contribution in [2.75, 3.05) is 11.1 Å². The molecule has 7 heteroatoms. The summed E-state index contributed by atoms with van der Waals surface area (Å²) in [6.07, 6.45) is 1.10. The highest BCUT2D eigenvalue weighted by Gasteiger charge is 2.11. The molecule has 3 rings (SSSR count). The maximum absolute atomic E-state index is 12.2. The van der Waals surface area contributed by atoms with Crippen molar-refractivity contribution < 1.29 is 4.79 Å². The van der Waals surface area contributed by atoms with E-state index in [1.54, 1.807) is 4.52 Å². The van der Waals surface area contributed by atoms with Gasteiger partial charge in [0.05, 0.1) is 5.75 Å². The van der Waals surface area contributed by atoms with Crippen molar-refractivity contribution in [3.63, 3.8) is 0 Å². The summed E-state index contributed by atoms with van der Waals surface area (Å²) in [5, 5.41) is 7.86. The Balaban J connectivity index is 1.59. The number of nitrogens with one attached hydrogen (secondary N) is 1. The lowest BCUT2D eigenvalue weighted by molar-refractivity contribution is -0.113. The third-order valence-electron chi connectivity index (χ3n) is 4.31. The lowest BCUT2D eigenvalue weighted by atomic mass is 9.99. The number of rotatable bonds is 6. The van der Waals surface area contributed by atoms with E-state index in [0.717, 1.165) is 23.5 Å². The topological polar surface area (TPSA) is 72.2 Å². The molecule has 2 aromatic heterocycles. The van der Waals surface area contributed by atoms with E-state index in [-0.39, 0.29) is 11.7 Å². The number of fused-ring (bicyclic) bond motifs is 1. The first-order valence-electron chi connectivity index (χ1n) is 8.70. The Hall–Kier alpha value is -2.41. The minimum Gasteiger partial charge on any atom is -0.325 e. The molecule has 1 aromatic carbocycles. The van der Waals surface area contributed by atoms with Crippen LogP contribution in [0, 0.1) is 13.8 Å². The van der Waals surface area contributed by atoms with Gasteiger partial charge in [-0.05, 0) is 49.9 Å². The van der Waals surface area contributed by atoms with Crippen LogP contribution in [0.25, 0.3) is 5.78 Å². The van der Waals surface area contributed by atoms with Crippen LogP contribution in [0.4, 0.5) is 5.69 Å². The Bertz CT molecular complexity index is 920. The highest BCUT2D eigenvalue weighted by atomic mass is 32.2. The highest BCUT2D eigenvalue weighted by molar-refractivity contribution is 7.99. The van der Waals surface area contributed by atoms with Crippen molar-refractivity contribution in [1.82, 2.24) is 19.6 Å². The molecule has 0 spiro atoms. The fourth-order valence-corrected chi connectivity index (χ4v) is 3.28. The molecule has 0 aliphatic carbocycles. The Labute approximate surface area is 157 Å². The maximum atomic E-state index is 12.2. The molecule has 0 fully saturated rings. The molecule has 136 valence electrons. The number of carbonyl (C=O) groups is 1. The van der Waals surface area contributed by atoms with Crippen LogP contribution < -0.4 is 5.32 Å². The van der Waals surface area contributed by atoms with Gasteiger partial charge in [0.15, 0.2) is 0 Å². The lowest BCUT2D eigenvalue weighted by Gasteiger charge is -2.10. The molecular formula is C19H23N5OS. The van der Waals surface area contributed by atoms with Crippen molar-refractivity contribution in [2.24, 2.45) is 0 Å². The van der Waals surface area contributed by atoms with Gasteiger partial charge in [0.25, 0.3) is 5.78 Å². The Morgan fingerprint density at radius 1 is 1.23 bits per heavy atom. The van der Waals surface area contributed by atoms with E-state index in [2.05, 4.69) is 46.4 Å². The van der Waals surface area contributed by atoms with Crippen LogP contribution >= 0.6 is 11.8 Å². The summed E-state index contributed by atoms with van der Waals surface area (Å²) in [6, 6.07) is 9.98. The number of aromatic nitrogens is 4. The minimum absolute atomic E-state index is 0.0778. The average Bonchev–Trinajstić information content (AvgIpc) is 3.03. The summed E-state index contributed by atoms with van der Waals surface area (Å²) in [4.78, 5) is 20.9. The number of amides is 1. The van der Waals surface area contributed by atoms with Crippen LogP contribution in [-0.4, -0.2) is 31.2 Å². The first-order chi connectivity index (χ1) is 12.5. The second-order valence-electron chi connectivity index (χ2n) is 6.41. The van der Waals surface area contributed by atoms with E-state index < -0.39 is 0 Å². The number of thioether (sulfide) groups is 1. The van der Waals surface area contributed by atoms with Gasteiger partial charge in [0.1, 0.15) is 0 Å². The third kappa shape index (κ3) is 4.22. The van der Waals surface area contributed by atoms with E-state index in [4.69, 9.17) is 0 Å². The van der Waals surface area contributed by atoms with E-state index >= 15 is 0 Å². The summed E-state index contributed by atoms with van der Waals surface area (Å²) in [5.41, 5.74) is 3.96. The van der Waals surface area contributed by atoms with Crippen LogP contribution in [0.15, 0.2) is 35.5 Å². The number of nitrogens with zero attached hydrogens (tertiary/aromatic N) is 4. The lowest BCUT2D eigenvalue weighted by Crippen LogP contribution is -2.14. The molecule has 0 aliphatic heterocycles. The van der Waals surface area contributed by atoms with Gasteiger partial charge in [-0.1, -0.05) is 37.7 Å². The van der Waals surface area contributed by atoms with Crippen molar-refractivity contribution in [3.8, 4) is 0 Å². The minimum atomic E-state index is -0.0778. The molecule has 0 saturated carbocycles. The number of anilines is 1. The zero-order valence-corrected chi connectivity index (χ0v) is 16.3. The first kappa shape index (κ1) is 18.4. The van der Waals surface area contributed by atoms with Crippen molar-refractivity contribution in [1.29, 1.82) is 0 Å².